The van der Waals surface area contributed by atoms with E-state index in [0.717, 1.165) is 17.3 Å². The summed E-state index contributed by atoms with van der Waals surface area (Å²) in [5, 5.41) is 0. The number of aromatic nitrogens is 3. The fraction of sp³-hybridized carbons (Fsp3) is 0.552. The van der Waals surface area contributed by atoms with E-state index in [2.05, 4.69) is 19.6 Å². The van der Waals surface area contributed by atoms with Crippen LogP contribution in [-0.2, 0) is 26.0 Å². The summed E-state index contributed by atoms with van der Waals surface area (Å²) in [4.78, 5) is 25.2. The van der Waals surface area contributed by atoms with Crippen LogP contribution in [0.2, 0.25) is 25.7 Å². The first-order chi connectivity index (χ1) is 19.2. The molecule has 10 nitrogen and oxygen atoms in total. The van der Waals surface area contributed by atoms with Crippen LogP contribution in [0.4, 0.5) is 5.69 Å². The lowest BCUT2D eigenvalue weighted by Crippen LogP contribution is -2.40. The summed E-state index contributed by atoms with van der Waals surface area (Å²) < 4.78 is 42.8. The number of carbonyl (C=O) groups excluding carboxylic acids is 1. The Bertz CT molecular complexity index is 1490. The minimum atomic E-state index is -3.03. The van der Waals surface area contributed by atoms with Crippen LogP contribution in [0.15, 0.2) is 30.6 Å². The molecule has 1 saturated heterocycles. The number of hydrogen-bond donors (Lipinski definition) is 0. The van der Waals surface area contributed by atoms with Crippen LogP contribution in [0.5, 0.6) is 5.75 Å². The van der Waals surface area contributed by atoms with Crippen LogP contribution in [0.25, 0.3) is 22.4 Å². The topological polar surface area (TPSA) is 113 Å². The largest absolute Gasteiger partial charge is 0.467 e. The minimum Gasteiger partial charge on any atom is -0.467 e. The van der Waals surface area contributed by atoms with Crippen molar-refractivity contribution < 1.29 is 27.4 Å². The standard InChI is InChI=1S/C29H42N4O6SSi/c1-29(2,3)27(34)24-18-33(19-38-10-13-41(5,6)7)28-26(24)31-25(17-30-28)21-14-22(16-23(15-21)39-20-37-4)32-8-11-40(35,36)12-9-32/h14-18H,8-13,19-20H2,1-7H3. The number of hydrogen-bond acceptors (Lipinski definition) is 9. The molecule has 0 amide bonds. The summed E-state index contributed by atoms with van der Waals surface area (Å²) in [6, 6.07) is 6.72. The Hall–Kier alpha value is -2.80. The third kappa shape index (κ3) is 7.94. The summed E-state index contributed by atoms with van der Waals surface area (Å²) in [7, 11) is -2.72. The van der Waals surface area contributed by atoms with Gasteiger partial charge in [-0.2, -0.15) is 0 Å². The fourth-order valence-electron chi connectivity index (χ4n) is 4.50. The number of Topliss-reactive ketones (excluding diaryl/α,β-unsaturated/α-hetero) is 1. The Morgan fingerprint density at radius 3 is 2.44 bits per heavy atom. The number of benzene rings is 1. The predicted molar refractivity (Wildman–Crippen MR) is 164 cm³/mol. The molecular weight excluding hydrogens is 560 g/mol. The third-order valence-corrected chi connectivity index (χ3v) is 10.3. The molecule has 0 spiro atoms. The lowest BCUT2D eigenvalue weighted by Gasteiger charge is -2.29. The molecule has 0 radical (unpaired) electrons. The molecule has 1 fully saturated rings. The first-order valence-corrected chi connectivity index (χ1v) is 19.4. The van der Waals surface area contributed by atoms with E-state index in [1.165, 1.54) is 0 Å². The zero-order valence-corrected chi connectivity index (χ0v) is 27.0. The van der Waals surface area contributed by atoms with E-state index in [1.807, 2.05) is 48.4 Å². The Labute approximate surface area is 243 Å². The van der Waals surface area contributed by atoms with Gasteiger partial charge in [0.05, 0.1) is 29.0 Å². The zero-order chi connectivity index (χ0) is 30.0. The molecule has 0 N–H and O–H groups in total. The van der Waals surface area contributed by atoms with E-state index in [-0.39, 0.29) is 30.8 Å². The number of ether oxygens (including phenoxy) is 3. The Balaban J connectivity index is 1.74. The highest BCUT2D eigenvalue weighted by Gasteiger charge is 2.28. The van der Waals surface area contributed by atoms with Crippen molar-refractivity contribution in [1.29, 1.82) is 0 Å². The molecule has 4 rings (SSSR count). The monoisotopic (exact) mass is 602 g/mol. The van der Waals surface area contributed by atoms with Crippen molar-refractivity contribution in [1.82, 2.24) is 14.5 Å². The van der Waals surface area contributed by atoms with Crippen molar-refractivity contribution in [3.05, 3.63) is 36.2 Å². The maximum Gasteiger partial charge on any atom is 0.188 e. The van der Waals surface area contributed by atoms with Crippen LogP contribution < -0.4 is 9.64 Å². The maximum absolute atomic E-state index is 13.5. The van der Waals surface area contributed by atoms with Gasteiger partial charge >= 0.3 is 0 Å². The number of methoxy groups -OCH3 is 1. The van der Waals surface area contributed by atoms with Gasteiger partial charge in [0.2, 0.25) is 0 Å². The van der Waals surface area contributed by atoms with Crippen LogP contribution in [0.1, 0.15) is 31.1 Å². The molecule has 224 valence electrons. The van der Waals surface area contributed by atoms with Crippen molar-refractivity contribution >= 4 is 40.5 Å². The van der Waals surface area contributed by atoms with Gasteiger partial charge in [0.1, 0.15) is 18.0 Å². The number of rotatable bonds is 11. The molecule has 41 heavy (non-hydrogen) atoms. The Morgan fingerprint density at radius 2 is 1.80 bits per heavy atom. The van der Waals surface area contributed by atoms with E-state index in [0.29, 0.717) is 47.9 Å². The Kier molecular flexibility index (Phi) is 9.27. The molecule has 0 unspecified atom stereocenters. The molecule has 12 heteroatoms. The molecule has 0 atom stereocenters. The molecule has 1 aliphatic heterocycles. The molecular formula is C29H42N4O6SSi. The minimum absolute atomic E-state index is 0.0257. The second-order valence-corrected chi connectivity index (χ2v) is 20.7. The molecule has 3 heterocycles. The number of carbonyl (C=O) groups is 1. The summed E-state index contributed by atoms with van der Waals surface area (Å²) in [5.41, 5.74) is 3.14. The lowest BCUT2D eigenvalue weighted by molar-refractivity contribution is 0.0512. The van der Waals surface area contributed by atoms with Gasteiger partial charge in [-0.3, -0.25) is 4.79 Å². The van der Waals surface area contributed by atoms with Gasteiger partial charge in [0, 0.05) is 63.8 Å². The third-order valence-electron chi connectivity index (χ3n) is 6.96. The summed E-state index contributed by atoms with van der Waals surface area (Å²) in [6.45, 7) is 14.4. The van der Waals surface area contributed by atoms with Gasteiger partial charge in [-0.25, -0.2) is 18.4 Å². The highest BCUT2D eigenvalue weighted by Crippen LogP contribution is 2.33. The van der Waals surface area contributed by atoms with Crippen molar-refractivity contribution in [2.45, 2.75) is 53.2 Å². The summed E-state index contributed by atoms with van der Waals surface area (Å²) >= 11 is 0. The van der Waals surface area contributed by atoms with Crippen molar-refractivity contribution in [3.63, 3.8) is 0 Å². The van der Waals surface area contributed by atoms with Gasteiger partial charge in [-0.15, -0.1) is 0 Å². The molecule has 2 aromatic heterocycles. The van der Waals surface area contributed by atoms with Gasteiger partial charge < -0.3 is 23.7 Å². The fourth-order valence-corrected chi connectivity index (χ4v) is 6.45. The van der Waals surface area contributed by atoms with Crippen LogP contribution in [0, 0.1) is 5.41 Å². The number of ketones is 1. The molecule has 0 bridgehead atoms. The predicted octanol–water partition coefficient (Wildman–Crippen LogP) is 4.86. The first-order valence-electron chi connectivity index (χ1n) is 13.9. The number of fused-ring (bicyclic) bond motifs is 1. The molecule has 1 aliphatic rings. The van der Waals surface area contributed by atoms with Crippen LogP contribution in [0.3, 0.4) is 0 Å². The molecule has 3 aromatic rings. The quantitative estimate of drug-likeness (QED) is 0.131. The average Bonchev–Trinajstić information content (AvgIpc) is 3.25. The van der Waals surface area contributed by atoms with E-state index >= 15 is 0 Å². The van der Waals surface area contributed by atoms with Crippen LogP contribution >= 0.6 is 0 Å². The van der Waals surface area contributed by atoms with Gasteiger partial charge in [0.15, 0.2) is 28.1 Å². The second-order valence-electron chi connectivity index (χ2n) is 12.8. The highest BCUT2D eigenvalue weighted by atomic mass is 32.2. The van der Waals surface area contributed by atoms with Crippen molar-refractivity contribution in [3.8, 4) is 17.0 Å². The van der Waals surface area contributed by atoms with Gasteiger partial charge in [-0.05, 0) is 18.2 Å². The average molecular weight is 603 g/mol. The molecule has 0 aliphatic carbocycles. The first kappa shape index (κ1) is 31.1. The van der Waals surface area contributed by atoms with E-state index in [4.69, 9.17) is 24.2 Å². The van der Waals surface area contributed by atoms with E-state index in [9.17, 15) is 13.2 Å². The summed E-state index contributed by atoms with van der Waals surface area (Å²) in [5.74, 6) is 0.739. The smallest absolute Gasteiger partial charge is 0.188 e. The Morgan fingerprint density at radius 1 is 1.10 bits per heavy atom. The normalized spacial score (nSPS) is 15.8. The van der Waals surface area contributed by atoms with E-state index < -0.39 is 23.3 Å². The maximum atomic E-state index is 13.5. The highest BCUT2D eigenvalue weighted by molar-refractivity contribution is 7.91. The van der Waals surface area contributed by atoms with Crippen molar-refractivity contribution in [2.24, 2.45) is 5.41 Å². The second kappa shape index (κ2) is 12.2. The number of sulfone groups is 1. The number of anilines is 1. The van der Waals surface area contributed by atoms with E-state index in [1.54, 1.807) is 19.5 Å². The van der Waals surface area contributed by atoms with Gasteiger partial charge in [-0.1, -0.05) is 40.4 Å². The van der Waals surface area contributed by atoms with Crippen molar-refractivity contribution in [2.75, 3.05) is 50.0 Å². The number of nitrogens with zero attached hydrogens (tertiary/aromatic N) is 4. The molecule has 1 aromatic carbocycles. The van der Waals surface area contributed by atoms with Gasteiger partial charge in [0.25, 0.3) is 0 Å². The SMILES string of the molecule is COCOc1cc(-c2cnc3c(n2)c(C(=O)C(C)(C)C)cn3COCC[Si](C)(C)C)cc(N2CCS(=O)(=O)CC2)c1. The lowest BCUT2D eigenvalue weighted by atomic mass is 9.87. The summed E-state index contributed by atoms with van der Waals surface area (Å²) in [6.07, 6.45) is 3.49. The van der Waals surface area contributed by atoms with Crippen LogP contribution in [-0.4, -0.2) is 81.9 Å². The molecule has 0 saturated carbocycles. The zero-order valence-electron chi connectivity index (χ0n) is 25.2.